The third kappa shape index (κ3) is 6.55. The van der Waals surface area contributed by atoms with Gasteiger partial charge in [0.15, 0.2) is 5.96 Å². The van der Waals surface area contributed by atoms with Gasteiger partial charge < -0.3 is 20.3 Å². The van der Waals surface area contributed by atoms with E-state index in [4.69, 9.17) is 9.73 Å². The highest BCUT2D eigenvalue weighted by molar-refractivity contribution is 14.0. The van der Waals surface area contributed by atoms with Gasteiger partial charge in [0.05, 0.1) is 13.7 Å². The molecule has 0 saturated carbocycles. The lowest BCUT2D eigenvalue weighted by Crippen LogP contribution is -2.40. The van der Waals surface area contributed by atoms with E-state index in [-0.39, 0.29) is 24.0 Å². The summed E-state index contributed by atoms with van der Waals surface area (Å²) in [5.74, 6) is 2.44. The quantitative estimate of drug-likeness (QED) is 0.329. The smallest absolute Gasteiger partial charge is 0.191 e. The third-order valence-corrected chi connectivity index (χ3v) is 5.78. The lowest BCUT2D eigenvalue weighted by atomic mass is 10.1. The number of anilines is 1. The molecule has 2 N–H and O–H groups in total. The molecule has 1 aliphatic heterocycles. The van der Waals surface area contributed by atoms with Crippen molar-refractivity contribution in [1.82, 2.24) is 10.6 Å². The molecule has 1 aromatic heterocycles. The number of nitrogens with zero attached hydrogens (tertiary/aromatic N) is 2. The molecule has 1 aliphatic rings. The molecule has 0 aliphatic carbocycles. The molecule has 1 fully saturated rings. The number of benzene rings is 1. The number of hydrogen-bond acceptors (Lipinski definition) is 4. The monoisotopic (exact) mass is 514 g/mol. The predicted octanol–water partition coefficient (Wildman–Crippen LogP) is 4.26. The van der Waals surface area contributed by atoms with E-state index in [0.29, 0.717) is 5.92 Å². The molecule has 0 spiro atoms. The second kappa shape index (κ2) is 11.5. The summed E-state index contributed by atoms with van der Waals surface area (Å²) in [7, 11) is 1.72. The van der Waals surface area contributed by atoms with Crippen molar-refractivity contribution >= 4 is 47.0 Å². The summed E-state index contributed by atoms with van der Waals surface area (Å²) in [5.41, 5.74) is 1.24. The molecule has 2 heterocycles. The van der Waals surface area contributed by atoms with E-state index in [0.717, 1.165) is 44.4 Å². The third-order valence-electron chi connectivity index (χ3n) is 4.80. The number of rotatable bonds is 7. The number of aliphatic imine (C=N–C) groups is 1. The van der Waals surface area contributed by atoms with Gasteiger partial charge in [-0.15, -0.1) is 35.3 Å². The van der Waals surface area contributed by atoms with E-state index < -0.39 is 0 Å². The van der Waals surface area contributed by atoms with Crippen molar-refractivity contribution in [3.05, 3.63) is 46.2 Å². The maximum absolute atomic E-state index is 5.35. The van der Waals surface area contributed by atoms with E-state index in [9.17, 15) is 0 Å². The fourth-order valence-corrected chi connectivity index (χ4v) is 4.17. The number of thiophene rings is 1. The van der Waals surface area contributed by atoms with E-state index in [1.165, 1.54) is 21.9 Å². The summed E-state index contributed by atoms with van der Waals surface area (Å²) >= 11 is 1.81. The Morgan fingerprint density at radius 2 is 2.14 bits per heavy atom. The minimum absolute atomic E-state index is 0. The molecular formula is C21H31IN4OS. The zero-order valence-electron chi connectivity index (χ0n) is 16.9. The van der Waals surface area contributed by atoms with Crippen LogP contribution in [-0.4, -0.2) is 39.2 Å². The zero-order chi connectivity index (χ0) is 19.1. The number of ether oxygens (including phenoxy) is 1. The minimum atomic E-state index is 0. The Morgan fingerprint density at radius 3 is 2.86 bits per heavy atom. The lowest BCUT2D eigenvalue weighted by molar-refractivity contribution is 0.415. The van der Waals surface area contributed by atoms with Gasteiger partial charge in [0.2, 0.25) is 0 Å². The summed E-state index contributed by atoms with van der Waals surface area (Å²) in [6.07, 6.45) is 1.19. The van der Waals surface area contributed by atoms with Gasteiger partial charge in [-0.05, 0) is 50.5 Å². The average Bonchev–Trinajstić information content (AvgIpc) is 3.33. The maximum atomic E-state index is 5.35. The number of nitrogens with one attached hydrogen (secondary N) is 2. The van der Waals surface area contributed by atoms with Gasteiger partial charge in [0, 0.05) is 47.7 Å². The number of methoxy groups -OCH3 is 1. The molecule has 1 aromatic carbocycles. The van der Waals surface area contributed by atoms with Crippen LogP contribution in [0.3, 0.4) is 0 Å². The Labute approximate surface area is 189 Å². The number of aryl methyl sites for hydroxylation is 1. The van der Waals surface area contributed by atoms with Crippen molar-refractivity contribution < 1.29 is 4.74 Å². The van der Waals surface area contributed by atoms with Crippen LogP contribution in [-0.2, 0) is 6.54 Å². The number of hydrogen-bond donors (Lipinski definition) is 2. The summed E-state index contributed by atoms with van der Waals surface area (Å²) in [4.78, 5) is 9.81. The summed E-state index contributed by atoms with van der Waals surface area (Å²) in [5, 5.41) is 6.88. The Balaban J connectivity index is 0.00000280. The van der Waals surface area contributed by atoms with Gasteiger partial charge in [-0.1, -0.05) is 6.07 Å². The molecule has 28 heavy (non-hydrogen) atoms. The first-order valence-electron chi connectivity index (χ1n) is 9.64. The fraction of sp³-hybridized carbons (Fsp3) is 0.476. The summed E-state index contributed by atoms with van der Waals surface area (Å²) < 4.78 is 5.35. The minimum Gasteiger partial charge on any atom is -0.497 e. The Hall–Kier alpha value is -1.48. The number of guanidine groups is 1. The molecule has 1 atom stereocenters. The van der Waals surface area contributed by atoms with Crippen molar-refractivity contribution in [1.29, 1.82) is 0 Å². The first-order valence-corrected chi connectivity index (χ1v) is 10.5. The molecule has 1 unspecified atom stereocenters. The van der Waals surface area contributed by atoms with Crippen LogP contribution >= 0.6 is 35.3 Å². The predicted molar refractivity (Wildman–Crippen MR) is 131 cm³/mol. The normalized spacial score (nSPS) is 16.6. The van der Waals surface area contributed by atoms with Crippen molar-refractivity contribution in [3.8, 4) is 5.75 Å². The topological polar surface area (TPSA) is 48.9 Å². The van der Waals surface area contributed by atoms with E-state index in [1.54, 1.807) is 7.11 Å². The van der Waals surface area contributed by atoms with Gasteiger partial charge in [0.1, 0.15) is 5.75 Å². The molecule has 0 radical (unpaired) electrons. The second-order valence-electron chi connectivity index (χ2n) is 6.89. The molecule has 3 rings (SSSR count). The highest BCUT2D eigenvalue weighted by Gasteiger charge is 2.23. The van der Waals surface area contributed by atoms with Crippen molar-refractivity contribution in [2.24, 2.45) is 10.9 Å². The van der Waals surface area contributed by atoms with Crippen LogP contribution in [0.5, 0.6) is 5.75 Å². The zero-order valence-corrected chi connectivity index (χ0v) is 20.1. The molecule has 5 nitrogen and oxygen atoms in total. The fourth-order valence-electron chi connectivity index (χ4n) is 3.35. The van der Waals surface area contributed by atoms with E-state index in [2.05, 4.69) is 59.7 Å². The summed E-state index contributed by atoms with van der Waals surface area (Å²) in [6.45, 7) is 8.92. The molecule has 0 bridgehead atoms. The molecule has 7 heteroatoms. The molecule has 0 amide bonds. The van der Waals surface area contributed by atoms with E-state index >= 15 is 0 Å². The van der Waals surface area contributed by atoms with Crippen LogP contribution in [0, 0.1) is 12.8 Å². The molecule has 1 saturated heterocycles. The Kier molecular flexibility index (Phi) is 9.37. The van der Waals surface area contributed by atoms with Crippen LogP contribution in [0.25, 0.3) is 0 Å². The van der Waals surface area contributed by atoms with Gasteiger partial charge in [-0.3, -0.25) is 0 Å². The largest absolute Gasteiger partial charge is 0.497 e. The second-order valence-corrected chi connectivity index (χ2v) is 8.26. The Bertz CT molecular complexity index is 764. The van der Waals surface area contributed by atoms with Gasteiger partial charge >= 0.3 is 0 Å². The highest BCUT2D eigenvalue weighted by Crippen LogP contribution is 2.26. The first-order chi connectivity index (χ1) is 13.2. The standard InChI is InChI=1S/C21H30N4OS.HI/c1-4-22-21(24-14-20-9-8-16(2)27-20)23-13-17-10-11-25(15-17)18-6-5-7-19(12-18)26-3;/h5-9,12,17H,4,10-11,13-15H2,1-3H3,(H2,22,23,24);1H. The van der Waals surface area contributed by atoms with Crippen molar-refractivity contribution in [3.63, 3.8) is 0 Å². The molecule has 154 valence electrons. The SMILES string of the molecule is CCNC(=NCc1ccc(C)s1)NCC1CCN(c2cccc(OC)c2)C1.I. The maximum Gasteiger partial charge on any atom is 0.191 e. The van der Waals surface area contributed by atoms with Gasteiger partial charge in [-0.2, -0.15) is 0 Å². The highest BCUT2D eigenvalue weighted by atomic mass is 127. The van der Waals surface area contributed by atoms with Gasteiger partial charge in [-0.25, -0.2) is 4.99 Å². The first kappa shape index (κ1) is 22.8. The molecule has 2 aromatic rings. The van der Waals surface area contributed by atoms with E-state index in [1.807, 2.05) is 17.4 Å². The number of halogens is 1. The lowest BCUT2D eigenvalue weighted by Gasteiger charge is -2.20. The van der Waals surface area contributed by atoms with Crippen LogP contribution in [0.4, 0.5) is 5.69 Å². The van der Waals surface area contributed by atoms with Crippen LogP contribution in [0.2, 0.25) is 0 Å². The Morgan fingerprint density at radius 1 is 1.29 bits per heavy atom. The van der Waals surface area contributed by atoms with Gasteiger partial charge in [0.25, 0.3) is 0 Å². The van der Waals surface area contributed by atoms with Crippen LogP contribution in [0.1, 0.15) is 23.1 Å². The van der Waals surface area contributed by atoms with Crippen LogP contribution in [0.15, 0.2) is 41.4 Å². The summed E-state index contributed by atoms with van der Waals surface area (Å²) in [6, 6.07) is 12.6. The molecular weight excluding hydrogens is 483 g/mol. The van der Waals surface area contributed by atoms with Crippen LogP contribution < -0.4 is 20.3 Å². The van der Waals surface area contributed by atoms with Crippen molar-refractivity contribution in [2.45, 2.75) is 26.8 Å². The average molecular weight is 514 g/mol. The van der Waals surface area contributed by atoms with Crippen molar-refractivity contribution in [2.75, 3.05) is 38.2 Å².